The molecule has 2 aliphatic rings. The third-order valence-electron chi connectivity index (χ3n) is 4.86. The zero-order valence-electron chi connectivity index (χ0n) is 12.7. The van der Waals surface area contributed by atoms with Gasteiger partial charge in [-0.3, -0.25) is 0 Å². The number of nitrogens with one attached hydrogen (secondary N) is 1. The van der Waals surface area contributed by atoms with Gasteiger partial charge in [-0.25, -0.2) is 9.59 Å². The van der Waals surface area contributed by atoms with E-state index in [0.29, 0.717) is 24.8 Å². The van der Waals surface area contributed by atoms with Crippen molar-refractivity contribution in [2.45, 2.75) is 64.5 Å². The van der Waals surface area contributed by atoms with Crippen LogP contribution in [0.5, 0.6) is 0 Å². The molecule has 2 fully saturated rings. The minimum Gasteiger partial charge on any atom is -0.480 e. The van der Waals surface area contributed by atoms with Gasteiger partial charge in [-0.15, -0.1) is 0 Å². The first kappa shape index (κ1) is 15.1. The summed E-state index contributed by atoms with van der Waals surface area (Å²) < 4.78 is 0. The van der Waals surface area contributed by atoms with Gasteiger partial charge >= 0.3 is 12.0 Å². The molecule has 1 saturated carbocycles. The van der Waals surface area contributed by atoms with Gasteiger partial charge in [0.2, 0.25) is 0 Å². The minimum absolute atomic E-state index is 0.219. The third kappa shape index (κ3) is 3.25. The number of carbonyl (C=O) groups excluding carboxylic acids is 1. The lowest BCUT2D eigenvalue weighted by atomic mass is 9.89. The maximum atomic E-state index is 12.4. The molecule has 2 atom stereocenters. The van der Waals surface area contributed by atoms with Crippen LogP contribution in [0, 0.1) is 11.8 Å². The molecular formula is C15H26N2O3. The summed E-state index contributed by atoms with van der Waals surface area (Å²) >= 11 is 0. The summed E-state index contributed by atoms with van der Waals surface area (Å²) in [5, 5.41) is 12.4. The van der Waals surface area contributed by atoms with Crippen LogP contribution < -0.4 is 5.32 Å². The lowest BCUT2D eigenvalue weighted by Crippen LogP contribution is -2.58. The number of piperidine rings is 1. The van der Waals surface area contributed by atoms with Crippen LogP contribution in [-0.2, 0) is 4.79 Å². The number of aliphatic carboxylic acids is 1. The van der Waals surface area contributed by atoms with Gasteiger partial charge in [0.05, 0.1) is 0 Å². The maximum Gasteiger partial charge on any atom is 0.326 e. The van der Waals surface area contributed by atoms with Crippen LogP contribution in [0.1, 0.15) is 52.9 Å². The van der Waals surface area contributed by atoms with Crippen molar-refractivity contribution in [1.29, 1.82) is 0 Å². The molecular weight excluding hydrogens is 256 g/mol. The number of hydrogen-bond donors (Lipinski definition) is 2. The number of nitrogens with zero attached hydrogens (tertiary/aromatic N) is 1. The fraction of sp³-hybridized carbons (Fsp3) is 0.867. The second-order valence-corrected chi connectivity index (χ2v) is 6.77. The van der Waals surface area contributed by atoms with E-state index in [2.05, 4.69) is 12.2 Å². The fourth-order valence-corrected chi connectivity index (χ4v) is 3.14. The van der Waals surface area contributed by atoms with Gasteiger partial charge in [-0.05, 0) is 51.4 Å². The van der Waals surface area contributed by atoms with Crippen LogP contribution in [0.15, 0.2) is 0 Å². The lowest BCUT2D eigenvalue weighted by molar-refractivity contribution is -0.144. The van der Waals surface area contributed by atoms with Gasteiger partial charge < -0.3 is 15.3 Å². The van der Waals surface area contributed by atoms with E-state index in [1.54, 1.807) is 0 Å². The summed E-state index contributed by atoms with van der Waals surface area (Å²) in [5.74, 6) is 0.0574. The first-order valence-corrected chi connectivity index (χ1v) is 7.66. The molecule has 1 aliphatic heterocycles. The van der Waals surface area contributed by atoms with Crippen molar-refractivity contribution in [3.8, 4) is 0 Å². The molecule has 5 nitrogen and oxygen atoms in total. The molecule has 2 amide bonds. The number of rotatable bonds is 4. The Labute approximate surface area is 120 Å². The van der Waals surface area contributed by atoms with Crippen molar-refractivity contribution in [1.82, 2.24) is 10.2 Å². The third-order valence-corrected chi connectivity index (χ3v) is 4.86. The van der Waals surface area contributed by atoms with Crippen LogP contribution in [0.3, 0.4) is 0 Å². The van der Waals surface area contributed by atoms with Gasteiger partial charge in [0.15, 0.2) is 0 Å². The van der Waals surface area contributed by atoms with Gasteiger partial charge in [0.1, 0.15) is 6.04 Å². The summed E-state index contributed by atoms with van der Waals surface area (Å²) in [5.41, 5.74) is -0.234. The Morgan fingerprint density at radius 1 is 1.30 bits per heavy atom. The second kappa shape index (κ2) is 5.62. The van der Waals surface area contributed by atoms with Crippen molar-refractivity contribution in [2.75, 3.05) is 6.54 Å². The molecule has 5 heteroatoms. The Balaban J connectivity index is 2.01. The number of likely N-dealkylation sites (tertiary alicyclic amines) is 1. The number of carboxylic acid groups (broad SMARTS) is 1. The number of carbonyl (C=O) groups is 2. The topological polar surface area (TPSA) is 69.6 Å². The molecule has 0 aromatic carbocycles. The van der Waals surface area contributed by atoms with Crippen molar-refractivity contribution in [3.63, 3.8) is 0 Å². The average molecular weight is 282 g/mol. The Morgan fingerprint density at radius 2 is 1.95 bits per heavy atom. The van der Waals surface area contributed by atoms with Crippen LogP contribution in [0.25, 0.3) is 0 Å². The smallest absolute Gasteiger partial charge is 0.326 e. The predicted octanol–water partition coefficient (Wildman–Crippen LogP) is 2.46. The molecule has 0 aromatic rings. The molecule has 1 saturated heterocycles. The SMILES string of the molecule is CCC1CCN(C(=O)NC(C)(C)C2CC2)C(C(=O)O)C1. The summed E-state index contributed by atoms with van der Waals surface area (Å²) in [6.07, 6.45) is 4.74. The van der Waals surface area contributed by atoms with Crippen molar-refractivity contribution < 1.29 is 14.7 Å². The van der Waals surface area contributed by atoms with Crippen molar-refractivity contribution in [3.05, 3.63) is 0 Å². The van der Waals surface area contributed by atoms with Crippen molar-refractivity contribution >= 4 is 12.0 Å². The lowest BCUT2D eigenvalue weighted by Gasteiger charge is -2.39. The molecule has 20 heavy (non-hydrogen) atoms. The van der Waals surface area contributed by atoms with E-state index < -0.39 is 12.0 Å². The summed E-state index contributed by atoms with van der Waals surface area (Å²) in [7, 11) is 0. The van der Waals surface area contributed by atoms with E-state index >= 15 is 0 Å². The van der Waals surface area contributed by atoms with Gasteiger partial charge in [-0.2, -0.15) is 0 Å². The first-order valence-electron chi connectivity index (χ1n) is 7.66. The summed E-state index contributed by atoms with van der Waals surface area (Å²) in [4.78, 5) is 25.3. The predicted molar refractivity (Wildman–Crippen MR) is 76.5 cm³/mol. The Bertz CT molecular complexity index is 391. The van der Waals surface area contributed by atoms with Gasteiger partial charge in [0.25, 0.3) is 0 Å². The molecule has 0 aromatic heterocycles. The van der Waals surface area contributed by atoms with Crippen LogP contribution >= 0.6 is 0 Å². The highest BCUT2D eigenvalue weighted by atomic mass is 16.4. The normalized spacial score (nSPS) is 27.2. The zero-order chi connectivity index (χ0) is 14.9. The van der Waals surface area contributed by atoms with Gasteiger partial charge in [0, 0.05) is 12.1 Å². The highest BCUT2D eigenvalue weighted by molar-refractivity contribution is 5.83. The first-order chi connectivity index (χ1) is 9.35. The zero-order valence-corrected chi connectivity index (χ0v) is 12.7. The van der Waals surface area contributed by atoms with E-state index in [-0.39, 0.29) is 11.6 Å². The van der Waals surface area contributed by atoms with E-state index in [9.17, 15) is 14.7 Å². The molecule has 1 heterocycles. The number of hydrogen-bond acceptors (Lipinski definition) is 2. The number of carboxylic acids is 1. The van der Waals surface area contributed by atoms with Crippen molar-refractivity contribution in [2.24, 2.45) is 11.8 Å². The quantitative estimate of drug-likeness (QED) is 0.832. The Hall–Kier alpha value is -1.26. The fourth-order valence-electron chi connectivity index (χ4n) is 3.14. The summed E-state index contributed by atoms with van der Waals surface area (Å²) in [6.45, 7) is 6.67. The van der Waals surface area contributed by atoms with Gasteiger partial charge in [-0.1, -0.05) is 13.3 Å². The minimum atomic E-state index is -0.887. The monoisotopic (exact) mass is 282 g/mol. The molecule has 0 bridgehead atoms. The highest BCUT2D eigenvalue weighted by Crippen LogP contribution is 2.39. The summed E-state index contributed by atoms with van der Waals surface area (Å²) in [6, 6.07) is -0.896. The van der Waals surface area contributed by atoms with E-state index in [4.69, 9.17) is 0 Å². The molecule has 0 radical (unpaired) electrons. The highest BCUT2D eigenvalue weighted by Gasteiger charge is 2.42. The molecule has 2 rings (SSSR count). The van der Waals surface area contributed by atoms with Crippen LogP contribution in [0.2, 0.25) is 0 Å². The largest absolute Gasteiger partial charge is 0.480 e. The van der Waals surface area contributed by atoms with E-state index in [1.165, 1.54) is 4.90 Å². The van der Waals surface area contributed by atoms with E-state index in [1.807, 2.05) is 13.8 Å². The molecule has 2 unspecified atom stereocenters. The molecule has 0 spiro atoms. The number of urea groups is 1. The standard InChI is InChI=1S/C15H26N2O3/c1-4-10-7-8-17(12(9-10)13(18)19)14(20)16-15(2,3)11-5-6-11/h10-12H,4-9H2,1-3H3,(H,16,20)(H,18,19). The molecule has 2 N–H and O–H groups in total. The maximum absolute atomic E-state index is 12.4. The average Bonchev–Trinajstić information content (AvgIpc) is 3.21. The Morgan fingerprint density at radius 3 is 2.45 bits per heavy atom. The van der Waals surface area contributed by atoms with E-state index in [0.717, 1.165) is 25.7 Å². The van der Waals surface area contributed by atoms with Crippen LogP contribution in [-0.4, -0.2) is 40.1 Å². The van der Waals surface area contributed by atoms with Crippen LogP contribution in [0.4, 0.5) is 4.79 Å². The Kier molecular flexibility index (Phi) is 4.25. The molecule has 114 valence electrons. The number of amides is 2. The molecule has 1 aliphatic carbocycles. The second-order valence-electron chi connectivity index (χ2n) is 6.77.